The average Bonchev–Trinajstić information content (AvgIpc) is 3.50. The molecule has 0 amide bonds. The van der Waals surface area contributed by atoms with Crippen LogP contribution >= 0.6 is 0 Å². The van der Waals surface area contributed by atoms with Crippen LogP contribution < -0.4 is 0 Å². The first-order valence-corrected chi connectivity index (χ1v) is 30.8. The van der Waals surface area contributed by atoms with E-state index in [1.54, 1.807) is 0 Å². The highest BCUT2D eigenvalue weighted by atomic mass is 14.4. The van der Waals surface area contributed by atoms with Crippen molar-refractivity contribution in [2.24, 2.45) is 101 Å². The largest absolute Gasteiger partial charge is 0.198 e. The minimum Gasteiger partial charge on any atom is -0.198 e. The van der Waals surface area contributed by atoms with Crippen LogP contribution in [0.5, 0.6) is 0 Å². The molecular formula is C70H100N10. The minimum atomic E-state index is 0.103. The zero-order valence-corrected chi connectivity index (χ0v) is 49.6. The van der Waals surface area contributed by atoms with E-state index in [0.717, 1.165) is 77.0 Å². The molecule has 80 heavy (non-hydrogen) atoms. The zero-order chi connectivity index (χ0) is 59.3. The summed E-state index contributed by atoms with van der Waals surface area (Å²) in [6.07, 6.45) is 41.1. The van der Waals surface area contributed by atoms with Gasteiger partial charge in [0.1, 0.15) is 0 Å². The van der Waals surface area contributed by atoms with Gasteiger partial charge in [0.05, 0.1) is 60.7 Å². The maximum absolute atomic E-state index is 9.05. The Hall–Kier alpha value is -6.40. The van der Waals surface area contributed by atoms with Crippen LogP contribution in [0.3, 0.4) is 0 Å². The summed E-state index contributed by atoms with van der Waals surface area (Å²) in [5, 5.41) is 87.0. The van der Waals surface area contributed by atoms with E-state index in [2.05, 4.69) is 112 Å². The molecule has 0 aromatic carbocycles. The van der Waals surface area contributed by atoms with Crippen molar-refractivity contribution >= 4 is 0 Å². The van der Waals surface area contributed by atoms with Gasteiger partial charge in [-0.05, 0) is 244 Å². The molecule has 5 fully saturated rings. The second kappa shape index (κ2) is 45.3. The molecule has 0 N–H and O–H groups in total. The lowest BCUT2D eigenvalue weighted by atomic mass is 9.68. The van der Waals surface area contributed by atoms with Crippen molar-refractivity contribution in [1.29, 1.82) is 52.6 Å². The van der Waals surface area contributed by atoms with Crippen molar-refractivity contribution in [2.75, 3.05) is 0 Å². The third-order valence-electron chi connectivity index (χ3n) is 19.0. The third-order valence-corrected chi connectivity index (χ3v) is 19.0. The van der Waals surface area contributed by atoms with E-state index in [1.165, 1.54) is 70.6 Å². The molecule has 0 radical (unpaired) electrons. The zero-order valence-electron chi connectivity index (χ0n) is 49.6. The van der Waals surface area contributed by atoms with Gasteiger partial charge in [0, 0.05) is 63.2 Å². The SMILES string of the molecule is C=CC1CC(CCC#N)CCC1CCC#N.C=CC1CCC(CCC#N)C(C(C)C#N)C1.C=CC1CCC(CCC#N)C(CCC#N)C1.C=CC1CCC(CCC#N)CC1C(C)C#N.C=CC1CCC(CCC#N)CC1CCC#N. The van der Waals surface area contributed by atoms with Gasteiger partial charge in [-0.25, -0.2) is 0 Å². The monoisotopic (exact) mass is 1080 g/mol. The summed E-state index contributed by atoms with van der Waals surface area (Å²) in [6.45, 7) is 23.4. The second-order valence-electron chi connectivity index (χ2n) is 23.9. The molecule has 0 aliphatic heterocycles. The van der Waals surface area contributed by atoms with Gasteiger partial charge in [0.25, 0.3) is 0 Å². The average molecular weight is 1080 g/mol. The van der Waals surface area contributed by atoms with Crippen LogP contribution in [-0.2, 0) is 0 Å². The Morgan fingerprint density at radius 2 is 0.675 bits per heavy atom. The van der Waals surface area contributed by atoms with Crippen LogP contribution in [0, 0.1) is 214 Å². The Labute approximate surface area is 487 Å². The van der Waals surface area contributed by atoms with Gasteiger partial charge in [-0.2, -0.15) is 52.6 Å². The molecule has 5 aliphatic rings. The van der Waals surface area contributed by atoms with Gasteiger partial charge in [-0.15, -0.1) is 32.9 Å². The Bertz CT molecular complexity index is 2230. The molecule has 0 aromatic rings. The summed E-state index contributed by atoms with van der Waals surface area (Å²) < 4.78 is 0. The van der Waals surface area contributed by atoms with E-state index in [1.807, 2.05) is 26.0 Å². The third kappa shape index (κ3) is 28.1. The van der Waals surface area contributed by atoms with Gasteiger partial charge >= 0.3 is 0 Å². The smallest absolute Gasteiger partial charge is 0.0656 e. The first-order chi connectivity index (χ1) is 38.9. The van der Waals surface area contributed by atoms with E-state index in [-0.39, 0.29) is 11.8 Å². The lowest BCUT2D eigenvalue weighted by Crippen LogP contribution is -2.28. The van der Waals surface area contributed by atoms with Crippen LogP contribution in [0.15, 0.2) is 63.3 Å². The van der Waals surface area contributed by atoms with Gasteiger partial charge in [0.15, 0.2) is 0 Å². The van der Waals surface area contributed by atoms with Crippen LogP contribution in [0.4, 0.5) is 0 Å². The van der Waals surface area contributed by atoms with Crippen molar-refractivity contribution in [3.63, 3.8) is 0 Å². The predicted octanol–water partition coefficient (Wildman–Crippen LogP) is 18.8. The number of hydrogen-bond acceptors (Lipinski definition) is 10. The van der Waals surface area contributed by atoms with Crippen LogP contribution in [-0.4, -0.2) is 0 Å². The maximum Gasteiger partial charge on any atom is 0.0656 e. The number of hydrogen-bond donors (Lipinski definition) is 0. The quantitative estimate of drug-likeness (QED) is 0.0877. The Kier molecular flexibility index (Phi) is 40.6. The molecule has 5 rings (SSSR count). The van der Waals surface area contributed by atoms with Crippen molar-refractivity contribution in [2.45, 2.75) is 213 Å². The number of allylic oxidation sites excluding steroid dienone is 5. The van der Waals surface area contributed by atoms with Gasteiger partial charge in [-0.3, -0.25) is 0 Å². The standard InChI is InChI=1S/5C14H20N2/c1-3-13-7-6-12(5-4-8-15)9-14(13)11(2)10-16;1-3-12-6-7-13(5-4-8-15)14(9-12)11(2)10-16;1-2-13-11-12(5-3-9-15)7-8-14(13)6-4-10-16;1-2-13-8-7-12(5-3-9-15)11-14(13)6-4-10-16;1-2-12-7-8-13(5-3-9-15)14(11-12)6-4-10-16/h2*3,11-14H,1,4-7,9H2,2H3;3*2,12-14H,1,3-8,11H2. The molecule has 430 valence electrons. The fourth-order valence-corrected chi connectivity index (χ4v) is 14.1. The summed E-state index contributed by atoms with van der Waals surface area (Å²) in [5.74, 6) is 9.09. The summed E-state index contributed by atoms with van der Waals surface area (Å²) in [7, 11) is 0. The van der Waals surface area contributed by atoms with E-state index >= 15 is 0 Å². The lowest BCUT2D eigenvalue weighted by Gasteiger charge is -2.36. The van der Waals surface area contributed by atoms with E-state index in [4.69, 9.17) is 52.6 Å². The second-order valence-corrected chi connectivity index (χ2v) is 23.9. The molecule has 0 heterocycles. The predicted molar refractivity (Wildman–Crippen MR) is 321 cm³/mol. The molecule has 17 unspecified atom stereocenters. The first kappa shape index (κ1) is 71.6. The maximum atomic E-state index is 9.05. The van der Waals surface area contributed by atoms with Crippen LogP contribution in [0.2, 0.25) is 0 Å². The normalized spacial score (nSPS) is 29.8. The van der Waals surface area contributed by atoms with Crippen molar-refractivity contribution < 1.29 is 0 Å². The highest BCUT2D eigenvalue weighted by Gasteiger charge is 2.35. The fraction of sp³-hybridized carbons (Fsp3) is 0.714. The lowest BCUT2D eigenvalue weighted by molar-refractivity contribution is 0.161. The van der Waals surface area contributed by atoms with Gasteiger partial charge < -0.3 is 0 Å². The summed E-state index contributed by atoms with van der Waals surface area (Å²) >= 11 is 0. The number of rotatable bonds is 23. The van der Waals surface area contributed by atoms with Gasteiger partial charge in [0.2, 0.25) is 0 Å². The molecule has 17 atom stereocenters. The molecule has 0 aromatic heterocycles. The molecular weight excluding hydrogens is 981 g/mol. The summed E-state index contributed by atoms with van der Waals surface area (Å²) in [6, 6.07) is 22.5. The fourth-order valence-electron chi connectivity index (χ4n) is 14.1. The Balaban J connectivity index is 0.000000500. The number of nitrogens with zero attached hydrogens (tertiary/aromatic N) is 10. The minimum absolute atomic E-state index is 0.103. The molecule has 5 aliphatic carbocycles. The highest BCUT2D eigenvalue weighted by Crippen LogP contribution is 2.44. The van der Waals surface area contributed by atoms with E-state index < -0.39 is 0 Å². The summed E-state index contributed by atoms with van der Waals surface area (Å²) in [5.41, 5.74) is 0. The van der Waals surface area contributed by atoms with Crippen LogP contribution in [0.1, 0.15) is 213 Å². The van der Waals surface area contributed by atoms with Crippen molar-refractivity contribution in [3.8, 4) is 60.7 Å². The van der Waals surface area contributed by atoms with Gasteiger partial charge in [-0.1, -0.05) is 36.8 Å². The molecule has 0 spiro atoms. The molecule has 0 bridgehead atoms. The Morgan fingerprint density at radius 3 is 1.15 bits per heavy atom. The molecule has 5 saturated carbocycles. The van der Waals surface area contributed by atoms with Crippen LogP contribution in [0.25, 0.3) is 0 Å². The van der Waals surface area contributed by atoms with E-state index in [0.29, 0.717) is 140 Å². The topological polar surface area (TPSA) is 238 Å². The molecule has 10 nitrogen and oxygen atoms in total. The molecule has 0 saturated heterocycles. The first-order valence-electron chi connectivity index (χ1n) is 30.8. The van der Waals surface area contributed by atoms with Crippen molar-refractivity contribution in [1.82, 2.24) is 0 Å². The highest BCUT2D eigenvalue weighted by molar-refractivity contribution is 4.99. The summed E-state index contributed by atoms with van der Waals surface area (Å²) in [4.78, 5) is 0. The number of nitriles is 10. The molecule has 10 heteroatoms. The Morgan fingerprint density at radius 1 is 0.312 bits per heavy atom. The van der Waals surface area contributed by atoms with E-state index in [9.17, 15) is 0 Å². The van der Waals surface area contributed by atoms with Crippen molar-refractivity contribution in [3.05, 3.63) is 63.3 Å².